The number of hydrogen-bond acceptors (Lipinski definition) is 4. The number of aliphatic imine (C=N–C) groups is 1. The van der Waals surface area contributed by atoms with E-state index in [4.69, 9.17) is 10.1 Å². The van der Waals surface area contributed by atoms with Gasteiger partial charge in [-0.3, -0.25) is 4.99 Å². The van der Waals surface area contributed by atoms with E-state index in [0.29, 0.717) is 5.56 Å². The van der Waals surface area contributed by atoms with E-state index in [1.165, 1.54) is 0 Å². The predicted octanol–water partition coefficient (Wildman–Crippen LogP) is 3.08. The van der Waals surface area contributed by atoms with Crippen molar-refractivity contribution in [3.63, 3.8) is 0 Å². The lowest BCUT2D eigenvalue weighted by Crippen LogP contribution is -2.25. The standard InChI is InChI=1S/C16H12N2O2S/c19-15(20)11-6-7-13-14(8-11)21-16-17-12(9-18(13)16)10-4-2-1-3-5-10/h1-8,16H,9H2,(H,19,20)/t16-/m1/s1. The molecule has 2 heterocycles. The Morgan fingerprint density at radius 2 is 2.05 bits per heavy atom. The summed E-state index contributed by atoms with van der Waals surface area (Å²) < 4.78 is 0. The summed E-state index contributed by atoms with van der Waals surface area (Å²) in [5.74, 6) is -0.890. The number of aromatic carboxylic acids is 1. The number of thioether (sulfide) groups is 1. The molecule has 0 saturated heterocycles. The monoisotopic (exact) mass is 296 g/mol. The molecule has 1 atom stereocenters. The van der Waals surface area contributed by atoms with Crippen molar-refractivity contribution in [1.82, 2.24) is 0 Å². The maximum atomic E-state index is 11.0. The lowest BCUT2D eigenvalue weighted by molar-refractivity contribution is 0.0696. The van der Waals surface area contributed by atoms with Crippen molar-refractivity contribution in [1.29, 1.82) is 0 Å². The van der Waals surface area contributed by atoms with Crippen LogP contribution in [0.4, 0.5) is 5.69 Å². The van der Waals surface area contributed by atoms with Crippen LogP contribution in [0.3, 0.4) is 0 Å². The molecule has 0 fully saturated rings. The molecule has 1 N–H and O–H groups in total. The molecule has 0 saturated carbocycles. The Bertz CT molecular complexity index is 758. The first-order valence-electron chi connectivity index (χ1n) is 6.65. The van der Waals surface area contributed by atoms with E-state index in [9.17, 15) is 4.79 Å². The quantitative estimate of drug-likeness (QED) is 0.925. The number of rotatable bonds is 2. The van der Waals surface area contributed by atoms with E-state index in [0.717, 1.165) is 28.4 Å². The molecule has 5 heteroatoms. The molecule has 2 aliphatic heterocycles. The summed E-state index contributed by atoms with van der Waals surface area (Å²) in [4.78, 5) is 19.0. The van der Waals surface area contributed by atoms with Gasteiger partial charge in [0.15, 0.2) is 5.50 Å². The molecule has 2 aromatic rings. The summed E-state index contributed by atoms with van der Waals surface area (Å²) in [5, 5.41) is 9.06. The van der Waals surface area contributed by atoms with E-state index in [1.54, 1.807) is 23.9 Å². The highest BCUT2D eigenvalue weighted by molar-refractivity contribution is 8.00. The molecule has 21 heavy (non-hydrogen) atoms. The second-order valence-electron chi connectivity index (χ2n) is 5.00. The van der Waals surface area contributed by atoms with Gasteiger partial charge in [-0.15, -0.1) is 0 Å². The second-order valence-corrected chi connectivity index (χ2v) is 6.10. The summed E-state index contributed by atoms with van der Waals surface area (Å²) in [5.41, 5.74) is 3.66. The van der Waals surface area contributed by atoms with Crippen LogP contribution in [0.5, 0.6) is 0 Å². The van der Waals surface area contributed by atoms with Gasteiger partial charge >= 0.3 is 5.97 Å². The molecule has 2 aliphatic rings. The van der Waals surface area contributed by atoms with E-state index < -0.39 is 5.97 Å². The second kappa shape index (κ2) is 4.63. The largest absolute Gasteiger partial charge is 0.478 e. The molecule has 0 aliphatic carbocycles. The smallest absolute Gasteiger partial charge is 0.335 e. The average Bonchev–Trinajstić information content (AvgIpc) is 3.04. The molecule has 0 unspecified atom stereocenters. The molecule has 0 bridgehead atoms. The summed E-state index contributed by atoms with van der Waals surface area (Å²) >= 11 is 1.61. The van der Waals surface area contributed by atoms with Crippen LogP contribution in [0.1, 0.15) is 15.9 Å². The van der Waals surface area contributed by atoms with Gasteiger partial charge in [-0.2, -0.15) is 0 Å². The van der Waals surface area contributed by atoms with Gasteiger partial charge in [-0.05, 0) is 23.8 Å². The lowest BCUT2D eigenvalue weighted by atomic mass is 10.1. The molecule has 0 aromatic heterocycles. The summed E-state index contributed by atoms with van der Waals surface area (Å²) in [7, 11) is 0. The Morgan fingerprint density at radius 3 is 2.81 bits per heavy atom. The van der Waals surface area contributed by atoms with Crippen molar-refractivity contribution in [2.45, 2.75) is 10.4 Å². The summed E-state index contributed by atoms with van der Waals surface area (Å²) in [6, 6.07) is 15.4. The minimum Gasteiger partial charge on any atom is -0.478 e. The van der Waals surface area contributed by atoms with E-state index in [-0.39, 0.29) is 5.50 Å². The van der Waals surface area contributed by atoms with Crippen molar-refractivity contribution >= 4 is 29.1 Å². The van der Waals surface area contributed by atoms with Crippen molar-refractivity contribution in [2.24, 2.45) is 4.99 Å². The average molecular weight is 296 g/mol. The van der Waals surface area contributed by atoms with E-state index in [2.05, 4.69) is 17.0 Å². The summed E-state index contributed by atoms with van der Waals surface area (Å²) in [6.45, 7) is 0.765. The van der Waals surface area contributed by atoms with Gasteiger partial charge in [0.25, 0.3) is 0 Å². The highest BCUT2D eigenvalue weighted by Crippen LogP contribution is 2.46. The fraction of sp³-hybridized carbons (Fsp3) is 0.125. The molecule has 0 radical (unpaired) electrons. The molecule has 2 aromatic carbocycles. The zero-order valence-electron chi connectivity index (χ0n) is 11.1. The fourth-order valence-electron chi connectivity index (χ4n) is 2.67. The number of carboxylic acid groups (broad SMARTS) is 1. The van der Waals surface area contributed by atoms with Gasteiger partial charge in [-0.1, -0.05) is 42.1 Å². The van der Waals surface area contributed by atoms with Gasteiger partial charge in [-0.25, -0.2) is 4.79 Å². The van der Waals surface area contributed by atoms with Crippen molar-refractivity contribution < 1.29 is 9.90 Å². The van der Waals surface area contributed by atoms with Crippen LogP contribution in [-0.4, -0.2) is 28.8 Å². The number of anilines is 1. The Kier molecular flexibility index (Phi) is 2.75. The number of benzene rings is 2. The summed E-state index contributed by atoms with van der Waals surface area (Å²) in [6.07, 6.45) is 0. The minimum atomic E-state index is -0.890. The molecule has 4 nitrogen and oxygen atoms in total. The van der Waals surface area contributed by atoms with Crippen LogP contribution in [0.2, 0.25) is 0 Å². The zero-order valence-corrected chi connectivity index (χ0v) is 11.9. The Labute approximate surface area is 126 Å². The van der Waals surface area contributed by atoms with Crippen LogP contribution in [0.25, 0.3) is 0 Å². The van der Waals surface area contributed by atoms with Crippen LogP contribution >= 0.6 is 11.8 Å². The van der Waals surface area contributed by atoms with Gasteiger partial charge in [0.2, 0.25) is 0 Å². The Balaban J connectivity index is 1.65. The highest BCUT2D eigenvalue weighted by atomic mass is 32.2. The molecule has 0 amide bonds. The first-order valence-corrected chi connectivity index (χ1v) is 7.53. The molecular weight excluding hydrogens is 284 g/mol. The first-order chi connectivity index (χ1) is 10.2. The van der Waals surface area contributed by atoms with Gasteiger partial charge < -0.3 is 10.0 Å². The SMILES string of the molecule is O=C(O)c1ccc2c(c1)S[C@@H]1N=C(c3ccccc3)CN21. The zero-order chi connectivity index (χ0) is 14.4. The van der Waals surface area contributed by atoms with Crippen LogP contribution in [0, 0.1) is 0 Å². The normalized spacial score (nSPS) is 19.1. The Morgan fingerprint density at radius 1 is 1.24 bits per heavy atom. The third-order valence-electron chi connectivity index (χ3n) is 3.71. The molecular formula is C16H12N2O2S. The number of hydrogen-bond donors (Lipinski definition) is 1. The first kappa shape index (κ1) is 12.5. The number of carboxylic acids is 1. The van der Waals surface area contributed by atoms with Gasteiger partial charge in [0, 0.05) is 4.90 Å². The van der Waals surface area contributed by atoms with Crippen LogP contribution in [-0.2, 0) is 0 Å². The molecule has 0 spiro atoms. The topological polar surface area (TPSA) is 52.9 Å². The van der Waals surface area contributed by atoms with E-state index >= 15 is 0 Å². The molecule has 104 valence electrons. The van der Waals surface area contributed by atoms with Crippen molar-refractivity contribution in [2.75, 3.05) is 11.4 Å². The fourth-order valence-corrected chi connectivity index (χ4v) is 3.89. The maximum Gasteiger partial charge on any atom is 0.335 e. The van der Waals surface area contributed by atoms with Gasteiger partial charge in [0.1, 0.15) is 0 Å². The minimum absolute atomic E-state index is 0.0271. The highest BCUT2D eigenvalue weighted by Gasteiger charge is 2.35. The number of nitrogens with zero attached hydrogens (tertiary/aromatic N) is 2. The van der Waals surface area contributed by atoms with Crippen LogP contribution < -0.4 is 4.90 Å². The lowest BCUT2D eigenvalue weighted by Gasteiger charge is -2.16. The maximum absolute atomic E-state index is 11.0. The van der Waals surface area contributed by atoms with Crippen LogP contribution in [0.15, 0.2) is 58.4 Å². The van der Waals surface area contributed by atoms with Crippen molar-refractivity contribution in [3.8, 4) is 0 Å². The predicted molar refractivity (Wildman–Crippen MR) is 83.4 cm³/mol. The third-order valence-corrected chi connectivity index (χ3v) is 4.86. The van der Waals surface area contributed by atoms with Crippen molar-refractivity contribution in [3.05, 3.63) is 59.7 Å². The molecule has 4 rings (SSSR count). The number of carbonyl (C=O) groups is 1. The Hall–Kier alpha value is -2.27. The number of fused-ring (bicyclic) bond motifs is 3. The third kappa shape index (κ3) is 2.01. The van der Waals surface area contributed by atoms with E-state index in [1.807, 2.05) is 24.3 Å². The van der Waals surface area contributed by atoms with Gasteiger partial charge in [0.05, 0.1) is 23.5 Å².